The third kappa shape index (κ3) is 2.72. The highest BCUT2D eigenvalue weighted by atomic mass is 32.1. The van der Waals surface area contributed by atoms with Gasteiger partial charge in [-0.05, 0) is 37.3 Å². The number of likely N-dealkylation sites (tertiary alicyclic amines) is 1. The lowest BCUT2D eigenvalue weighted by Gasteiger charge is -2.25. The van der Waals surface area contributed by atoms with Crippen molar-refractivity contribution in [1.29, 1.82) is 0 Å². The molecule has 0 spiro atoms. The largest absolute Gasteiger partial charge is 0.331 e. The zero-order valence-electron chi connectivity index (χ0n) is 12.5. The van der Waals surface area contributed by atoms with Crippen molar-refractivity contribution in [3.8, 4) is 0 Å². The molecule has 0 bridgehead atoms. The van der Waals surface area contributed by atoms with Gasteiger partial charge >= 0.3 is 0 Å². The lowest BCUT2D eigenvalue weighted by molar-refractivity contribution is 0.0740. The fraction of sp³-hybridized carbons (Fsp3) is 0.412. The Labute approximate surface area is 129 Å². The van der Waals surface area contributed by atoms with E-state index in [2.05, 4.69) is 43.1 Å². The second-order valence-electron chi connectivity index (χ2n) is 5.48. The summed E-state index contributed by atoms with van der Waals surface area (Å²) in [5, 5.41) is 1.03. The van der Waals surface area contributed by atoms with E-state index >= 15 is 0 Å². The number of carbonyl (C=O) groups is 1. The summed E-state index contributed by atoms with van der Waals surface area (Å²) in [6.07, 6.45) is 4.75. The van der Waals surface area contributed by atoms with Crippen molar-refractivity contribution in [2.45, 2.75) is 39.2 Å². The van der Waals surface area contributed by atoms with Crippen LogP contribution in [0.2, 0.25) is 0 Å². The summed E-state index contributed by atoms with van der Waals surface area (Å²) in [6.45, 7) is 5.04. The molecule has 1 unspecified atom stereocenters. The number of thiazole rings is 1. The van der Waals surface area contributed by atoms with E-state index in [0.717, 1.165) is 35.7 Å². The molecule has 3 rings (SSSR count). The number of benzene rings is 1. The number of aromatic nitrogens is 1. The minimum atomic E-state index is 0.137. The second kappa shape index (κ2) is 5.98. The maximum Gasteiger partial charge on any atom is 0.266 e. The van der Waals surface area contributed by atoms with Gasteiger partial charge in [0.15, 0.2) is 0 Å². The highest BCUT2D eigenvalue weighted by Gasteiger charge is 2.32. The smallest absolute Gasteiger partial charge is 0.266 e. The van der Waals surface area contributed by atoms with Crippen LogP contribution in [0.1, 0.15) is 51.6 Å². The number of nitrogens with zero attached hydrogens (tertiary/aromatic N) is 2. The molecular formula is C17H20N2OS. The van der Waals surface area contributed by atoms with Gasteiger partial charge in [-0.25, -0.2) is 4.98 Å². The quantitative estimate of drug-likeness (QED) is 0.858. The van der Waals surface area contributed by atoms with Gasteiger partial charge in [0.2, 0.25) is 0 Å². The Morgan fingerprint density at radius 3 is 2.95 bits per heavy atom. The van der Waals surface area contributed by atoms with Crippen LogP contribution in [0, 0.1) is 6.92 Å². The van der Waals surface area contributed by atoms with Gasteiger partial charge in [0.25, 0.3) is 5.91 Å². The first-order valence-corrected chi connectivity index (χ1v) is 8.33. The highest BCUT2D eigenvalue weighted by Crippen LogP contribution is 2.35. The number of aryl methyl sites for hydroxylation is 2. The molecule has 1 aromatic heterocycles. The summed E-state index contributed by atoms with van der Waals surface area (Å²) in [5.41, 5.74) is 2.55. The molecule has 1 amide bonds. The first kappa shape index (κ1) is 14.3. The van der Waals surface area contributed by atoms with Crippen LogP contribution in [0.5, 0.6) is 0 Å². The van der Waals surface area contributed by atoms with Crippen LogP contribution < -0.4 is 0 Å². The Balaban J connectivity index is 1.87. The van der Waals surface area contributed by atoms with Crippen molar-refractivity contribution in [3.05, 3.63) is 51.5 Å². The predicted molar refractivity (Wildman–Crippen MR) is 85.7 cm³/mol. The summed E-state index contributed by atoms with van der Waals surface area (Å²) < 4.78 is 0. The lowest BCUT2D eigenvalue weighted by Crippen LogP contribution is -2.30. The Morgan fingerprint density at radius 2 is 2.24 bits per heavy atom. The molecule has 21 heavy (non-hydrogen) atoms. The number of hydrogen-bond acceptors (Lipinski definition) is 3. The molecule has 0 N–H and O–H groups in total. The monoisotopic (exact) mass is 300 g/mol. The van der Waals surface area contributed by atoms with E-state index in [1.807, 2.05) is 4.90 Å². The molecule has 1 saturated heterocycles. The zero-order chi connectivity index (χ0) is 14.8. The number of amides is 1. The molecule has 1 aromatic carbocycles. The van der Waals surface area contributed by atoms with Crippen molar-refractivity contribution >= 4 is 17.2 Å². The second-order valence-corrected chi connectivity index (χ2v) is 6.60. The van der Waals surface area contributed by atoms with Gasteiger partial charge in [0.05, 0.1) is 17.2 Å². The summed E-state index contributed by atoms with van der Waals surface area (Å²) in [4.78, 5) is 19.9. The van der Waals surface area contributed by atoms with Gasteiger partial charge in [0, 0.05) is 6.54 Å². The first-order valence-electron chi connectivity index (χ1n) is 7.52. The normalized spacial score (nSPS) is 18.2. The fourth-order valence-electron chi connectivity index (χ4n) is 3.01. The summed E-state index contributed by atoms with van der Waals surface area (Å²) in [5.74, 6) is 0.137. The van der Waals surface area contributed by atoms with Gasteiger partial charge in [0.1, 0.15) is 4.88 Å². The SMILES string of the molecule is CCc1ncc(C(=O)N2CCCC2c2ccccc2C)s1. The first-order chi connectivity index (χ1) is 10.2. The predicted octanol–water partition coefficient (Wildman–Crippen LogP) is 3.99. The minimum absolute atomic E-state index is 0.137. The van der Waals surface area contributed by atoms with E-state index in [4.69, 9.17) is 0 Å². The van der Waals surface area contributed by atoms with E-state index in [1.165, 1.54) is 22.5 Å². The van der Waals surface area contributed by atoms with Crippen molar-refractivity contribution < 1.29 is 4.79 Å². The van der Waals surface area contributed by atoms with E-state index < -0.39 is 0 Å². The Morgan fingerprint density at radius 1 is 1.43 bits per heavy atom. The molecule has 0 aliphatic carbocycles. The van der Waals surface area contributed by atoms with Crippen LogP contribution in [0.3, 0.4) is 0 Å². The summed E-state index contributed by atoms with van der Waals surface area (Å²) in [7, 11) is 0. The fourth-order valence-corrected chi connectivity index (χ4v) is 3.82. The number of hydrogen-bond donors (Lipinski definition) is 0. The van der Waals surface area contributed by atoms with Crippen molar-refractivity contribution in [2.24, 2.45) is 0 Å². The molecule has 1 fully saturated rings. The average Bonchev–Trinajstić information content (AvgIpc) is 3.16. The van der Waals surface area contributed by atoms with Crippen LogP contribution in [0.25, 0.3) is 0 Å². The average molecular weight is 300 g/mol. The van der Waals surface area contributed by atoms with Crippen molar-refractivity contribution in [3.63, 3.8) is 0 Å². The maximum absolute atomic E-state index is 12.8. The molecule has 0 saturated carbocycles. The highest BCUT2D eigenvalue weighted by molar-refractivity contribution is 7.13. The molecule has 2 heterocycles. The van der Waals surface area contributed by atoms with Crippen LogP contribution >= 0.6 is 11.3 Å². The molecule has 1 atom stereocenters. The molecule has 2 aromatic rings. The molecule has 3 nitrogen and oxygen atoms in total. The van der Waals surface area contributed by atoms with Gasteiger partial charge < -0.3 is 4.90 Å². The van der Waals surface area contributed by atoms with Gasteiger partial charge in [-0.2, -0.15) is 0 Å². The summed E-state index contributed by atoms with van der Waals surface area (Å²) >= 11 is 1.53. The van der Waals surface area contributed by atoms with Crippen molar-refractivity contribution in [2.75, 3.05) is 6.54 Å². The van der Waals surface area contributed by atoms with Gasteiger partial charge in [-0.1, -0.05) is 31.2 Å². The lowest BCUT2D eigenvalue weighted by atomic mass is 9.99. The van der Waals surface area contributed by atoms with E-state index in [9.17, 15) is 4.79 Å². The standard InChI is InChI=1S/C17H20N2OS/c1-3-16-18-11-15(21-16)17(20)19-10-6-9-14(19)13-8-5-4-7-12(13)2/h4-5,7-8,11,14H,3,6,9-10H2,1-2H3. The molecule has 1 aliphatic rings. The Bertz CT molecular complexity index is 650. The van der Waals surface area contributed by atoms with Crippen LogP contribution in [0.15, 0.2) is 30.5 Å². The van der Waals surface area contributed by atoms with Crippen LogP contribution in [0.4, 0.5) is 0 Å². The topological polar surface area (TPSA) is 33.2 Å². The maximum atomic E-state index is 12.8. The Hall–Kier alpha value is -1.68. The number of carbonyl (C=O) groups excluding carboxylic acids is 1. The molecule has 110 valence electrons. The molecule has 4 heteroatoms. The van der Waals surface area contributed by atoms with E-state index in [0.29, 0.717) is 0 Å². The molecule has 0 radical (unpaired) electrons. The van der Waals surface area contributed by atoms with E-state index in [-0.39, 0.29) is 11.9 Å². The van der Waals surface area contributed by atoms with Gasteiger partial charge in [-0.3, -0.25) is 4.79 Å². The molecule has 1 aliphatic heterocycles. The minimum Gasteiger partial charge on any atom is -0.331 e. The summed E-state index contributed by atoms with van der Waals surface area (Å²) in [6, 6.07) is 8.60. The third-order valence-corrected chi connectivity index (χ3v) is 5.26. The Kier molecular flexibility index (Phi) is 4.06. The number of rotatable bonds is 3. The molecular weight excluding hydrogens is 280 g/mol. The third-order valence-electron chi connectivity index (χ3n) is 4.13. The van der Waals surface area contributed by atoms with Crippen LogP contribution in [-0.2, 0) is 6.42 Å². The van der Waals surface area contributed by atoms with E-state index in [1.54, 1.807) is 6.20 Å². The zero-order valence-corrected chi connectivity index (χ0v) is 13.3. The van der Waals surface area contributed by atoms with Gasteiger partial charge in [-0.15, -0.1) is 11.3 Å². The van der Waals surface area contributed by atoms with Crippen LogP contribution in [-0.4, -0.2) is 22.3 Å². The van der Waals surface area contributed by atoms with Crippen molar-refractivity contribution in [1.82, 2.24) is 9.88 Å².